The summed E-state index contributed by atoms with van der Waals surface area (Å²) in [5.41, 5.74) is 0. The third-order valence-electron chi connectivity index (χ3n) is 1.37. The highest BCUT2D eigenvalue weighted by Gasteiger charge is 2.24. The summed E-state index contributed by atoms with van der Waals surface area (Å²) in [5.74, 6) is -1.74. The van der Waals surface area contributed by atoms with Crippen LogP contribution < -0.4 is 0 Å². The van der Waals surface area contributed by atoms with Gasteiger partial charge in [-0.05, 0) is 0 Å². The Bertz CT molecular complexity index is 71.5. The number of hydrogen-bond acceptors (Lipinski definition) is 1. The van der Waals surface area contributed by atoms with Crippen LogP contribution in [0.2, 0.25) is 0 Å². The molecule has 0 radical (unpaired) electrons. The standard InChI is InChI=1S/C6H12F2O/c1-3-6(8,4-2)9-5-7/h3-5H2,1-2H3. The Kier molecular flexibility index (Phi) is 3.70. The quantitative estimate of drug-likeness (QED) is 0.579. The van der Waals surface area contributed by atoms with E-state index in [0.717, 1.165) is 0 Å². The lowest BCUT2D eigenvalue weighted by atomic mass is 10.2. The molecule has 0 rings (SSSR count). The van der Waals surface area contributed by atoms with Gasteiger partial charge in [0.2, 0.25) is 5.85 Å². The van der Waals surface area contributed by atoms with Crippen molar-refractivity contribution in [1.82, 2.24) is 0 Å². The SMILES string of the molecule is CCC(F)(CC)OCF. The highest BCUT2D eigenvalue weighted by atomic mass is 19.2. The van der Waals surface area contributed by atoms with E-state index in [4.69, 9.17) is 0 Å². The van der Waals surface area contributed by atoms with Gasteiger partial charge in [0, 0.05) is 12.8 Å². The molecule has 1 nitrogen and oxygen atoms in total. The maximum atomic E-state index is 12.8. The lowest BCUT2D eigenvalue weighted by Crippen LogP contribution is -2.24. The molecular formula is C6H12F2O. The van der Waals surface area contributed by atoms with Crippen molar-refractivity contribution in [2.45, 2.75) is 32.5 Å². The summed E-state index contributed by atoms with van der Waals surface area (Å²) in [7, 11) is 0. The third-order valence-corrected chi connectivity index (χ3v) is 1.37. The van der Waals surface area contributed by atoms with Crippen molar-refractivity contribution in [3.05, 3.63) is 0 Å². The second-order valence-corrected chi connectivity index (χ2v) is 1.84. The predicted octanol–water partition coefficient (Wildman–Crippen LogP) is 2.42. The largest absolute Gasteiger partial charge is 0.314 e. The first-order chi connectivity index (χ1) is 4.18. The maximum Gasteiger partial charge on any atom is 0.211 e. The van der Waals surface area contributed by atoms with Crippen molar-refractivity contribution in [2.24, 2.45) is 0 Å². The van der Waals surface area contributed by atoms with Crippen molar-refractivity contribution in [1.29, 1.82) is 0 Å². The van der Waals surface area contributed by atoms with Crippen LogP contribution in [-0.4, -0.2) is 12.7 Å². The van der Waals surface area contributed by atoms with Crippen molar-refractivity contribution in [3.63, 3.8) is 0 Å². The Balaban J connectivity index is 3.62. The highest BCUT2D eigenvalue weighted by Crippen LogP contribution is 2.21. The zero-order chi connectivity index (χ0) is 7.33. The van der Waals surface area contributed by atoms with Crippen LogP contribution >= 0.6 is 0 Å². The van der Waals surface area contributed by atoms with Crippen LogP contribution in [0.5, 0.6) is 0 Å². The Morgan fingerprint density at radius 2 is 1.78 bits per heavy atom. The van der Waals surface area contributed by atoms with Gasteiger partial charge in [0.15, 0.2) is 6.86 Å². The first-order valence-electron chi connectivity index (χ1n) is 3.07. The first kappa shape index (κ1) is 8.82. The van der Waals surface area contributed by atoms with Gasteiger partial charge in [-0.25, -0.2) is 8.78 Å². The van der Waals surface area contributed by atoms with Gasteiger partial charge in [-0.3, -0.25) is 0 Å². The average molecular weight is 138 g/mol. The molecule has 0 aromatic carbocycles. The van der Waals surface area contributed by atoms with Crippen LogP contribution in [-0.2, 0) is 4.74 Å². The van der Waals surface area contributed by atoms with E-state index in [-0.39, 0.29) is 12.8 Å². The van der Waals surface area contributed by atoms with Crippen molar-refractivity contribution in [2.75, 3.05) is 6.86 Å². The molecule has 0 N–H and O–H groups in total. The minimum Gasteiger partial charge on any atom is -0.314 e. The molecule has 0 fully saturated rings. The lowest BCUT2D eigenvalue weighted by Gasteiger charge is -2.19. The molecule has 0 saturated carbocycles. The van der Waals surface area contributed by atoms with Gasteiger partial charge in [0.1, 0.15) is 0 Å². The molecule has 3 heteroatoms. The summed E-state index contributed by atoms with van der Waals surface area (Å²) in [6.07, 6.45) is 0.404. The van der Waals surface area contributed by atoms with Crippen LogP contribution in [0.4, 0.5) is 8.78 Å². The Morgan fingerprint density at radius 3 is 1.89 bits per heavy atom. The second-order valence-electron chi connectivity index (χ2n) is 1.84. The second kappa shape index (κ2) is 3.77. The van der Waals surface area contributed by atoms with Gasteiger partial charge >= 0.3 is 0 Å². The van der Waals surface area contributed by atoms with Crippen molar-refractivity contribution in [3.8, 4) is 0 Å². The Labute approximate surface area is 54.0 Å². The van der Waals surface area contributed by atoms with Gasteiger partial charge in [0.05, 0.1) is 0 Å². The van der Waals surface area contributed by atoms with Crippen molar-refractivity contribution >= 4 is 0 Å². The zero-order valence-corrected chi connectivity index (χ0v) is 5.79. The molecule has 0 aliphatic rings. The van der Waals surface area contributed by atoms with Crippen LogP contribution in [0.3, 0.4) is 0 Å². The molecule has 0 aliphatic carbocycles. The van der Waals surface area contributed by atoms with Crippen LogP contribution in [0, 0.1) is 0 Å². The predicted molar refractivity (Wildman–Crippen MR) is 31.5 cm³/mol. The van der Waals surface area contributed by atoms with Crippen molar-refractivity contribution < 1.29 is 13.5 Å². The molecule has 0 spiro atoms. The molecule has 9 heavy (non-hydrogen) atoms. The maximum absolute atomic E-state index is 12.8. The molecule has 0 saturated heterocycles. The van der Waals surface area contributed by atoms with Crippen LogP contribution in [0.1, 0.15) is 26.7 Å². The summed E-state index contributed by atoms with van der Waals surface area (Å²) in [4.78, 5) is 0. The topological polar surface area (TPSA) is 9.23 Å². The first-order valence-corrected chi connectivity index (χ1v) is 3.07. The van der Waals surface area contributed by atoms with Crippen LogP contribution in [0.25, 0.3) is 0 Å². The number of ether oxygens (including phenoxy) is 1. The minimum absolute atomic E-state index is 0.202. The summed E-state index contributed by atoms with van der Waals surface area (Å²) >= 11 is 0. The van der Waals surface area contributed by atoms with E-state index in [1.165, 1.54) is 0 Å². The van der Waals surface area contributed by atoms with Gasteiger partial charge in [-0.2, -0.15) is 0 Å². The smallest absolute Gasteiger partial charge is 0.211 e. The van der Waals surface area contributed by atoms with Gasteiger partial charge in [-0.1, -0.05) is 13.8 Å². The molecule has 0 heterocycles. The Hall–Kier alpha value is -0.180. The third kappa shape index (κ3) is 2.75. The van der Waals surface area contributed by atoms with E-state index >= 15 is 0 Å². The van der Waals surface area contributed by atoms with E-state index in [2.05, 4.69) is 4.74 Å². The summed E-state index contributed by atoms with van der Waals surface area (Å²) in [5, 5.41) is 0. The van der Waals surface area contributed by atoms with E-state index in [9.17, 15) is 8.78 Å². The summed E-state index contributed by atoms with van der Waals surface area (Å²) in [6, 6.07) is 0. The van der Waals surface area contributed by atoms with Gasteiger partial charge < -0.3 is 4.74 Å². The van der Waals surface area contributed by atoms with Gasteiger partial charge in [0.25, 0.3) is 0 Å². The fourth-order valence-corrected chi connectivity index (χ4v) is 0.552. The van der Waals surface area contributed by atoms with E-state index < -0.39 is 12.7 Å². The molecule has 0 unspecified atom stereocenters. The highest BCUT2D eigenvalue weighted by molar-refractivity contribution is 4.60. The molecule has 0 atom stereocenters. The normalized spacial score (nSPS) is 12.0. The number of halogens is 2. The average Bonchev–Trinajstić information content (AvgIpc) is 1.89. The number of alkyl halides is 2. The Morgan fingerprint density at radius 1 is 1.33 bits per heavy atom. The molecule has 0 amide bonds. The van der Waals surface area contributed by atoms with E-state index in [1.54, 1.807) is 13.8 Å². The molecule has 0 aromatic heterocycles. The molecule has 0 aromatic rings. The van der Waals surface area contributed by atoms with Gasteiger partial charge in [-0.15, -0.1) is 0 Å². The monoisotopic (exact) mass is 138 g/mol. The van der Waals surface area contributed by atoms with Crippen LogP contribution in [0.15, 0.2) is 0 Å². The molecule has 0 bridgehead atoms. The number of rotatable bonds is 4. The number of hydrogen-bond donors (Lipinski definition) is 0. The molecule has 0 aliphatic heterocycles. The molecular weight excluding hydrogens is 126 g/mol. The summed E-state index contributed by atoms with van der Waals surface area (Å²) in [6.45, 7) is 2.20. The minimum atomic E-state index is -1.74. The van der Waals surface area contributed by atoms with E-state index in [1.807, 2.05) is 0 Å². The fourth-order valence-electron chi connectivity index (χ4n) is 0.552. The zero-order valence-electron chi connectivity index (χ0n) is 5.79. The lowest BCUT2D eigenvalue weighted by molar-refractivity contribution is -0.174. The fraction of sp³-hybridized carbons (Fsp3) is 1.00. The summed E-state index contributed by atoms with van der Waals surface area (Å²) < 4.78 is 28.4. The molecule has 56 valence electrons. The van der Waals surface area contributed by atoms with E-state index in [0.29, 0.717) is 0 Å².